The molecule has 1 saturated carbocycles. The van der Waals surface area contributed by atoms with Crippen molar-refractivity contribution in [2.75, 3.05) is 7.05 Å². The lowest BCUT2D eigenvalue weighted by atomic mass is 9.92. The summed E-state index contributed by atoms with van der Waals surface area (Å²) in [4.78, 5) is 35.7. The summed E-state index contributed by atoms with van der Waals surface area (Å²) < 4.78 is 5.42. The van der Waals surface area contributed by atoms with Crippen molar-refractivity contribution in [1.82, 2.24) is 14.8 Å². The molecule has 4 rings (SSSR count). The standard InChI is InChI=1S/C28H35N3O3/c1-20(2)17-25(30(3)27(32)22-12-13-26-21(18-22)14-16-34-26)28(33)31(24-10-5-4-6-11-24)19-23-9-7-8-15-29-23/h7-9,12-16,18,20,24-25H,4-6,10-11,17,19H2,1-3H3/t25-/m0/s1. The fourth-order valence-electron chi connectivity index (χ4n) is 4.95. The number of hydrogen-bond donors (Lipinski definition) is 0. The Morgan fingerprint density at radius 1 is 1.09 bits per heavy atom. The molecule has 6 nitrogen and oxygen atoms in total. The van der Waals surface area contributed by atoms with Gasteiger partial charge in [-0.3, -0.25) is 14.6 Å². The fraction of sp³-hybridized carbons (Fsp3) is 0.464. The van der Waals surface area contributed by atoms with Gasteiger partial charge < -0.3 is 14.2 Å². The third kappa shape index (κ3) is 5.49. The summed E-state index contributed by atoms with van der Waals surface area (Å²) >= 11 is 0. The molecule has 1 aromatic carbocycles. The molecule has 2 amide bonds. The van der Waals surface area contributed by atoms with Crippen molar-refractivity contribution < 1.29 is 14.0 Å². The number of rotatable bonds is 8. The Morgan fingerprint density at radius 3 is 2.59 bits per heavy atom. The zero-order valence-corrected chi connectivity index (χ0v) is 20.4. The number of aromatic nitrogens is 1. The monoisotopic (exact) mass is 461 g/mol. The molecule has 0 aliphatic heterocycles. The molecule has 0 unspecified atom stereocenters. The van der Waals surface area contributed by atoms with Crippen molar-refractivity contribution in [3.05, 3.63) is 66.2 Å². The van der Waals surface area contributed by atoms with Crippen LogP contribution in [0.15, 0.2) is 59.3 Å². The van der Waals surface area contributed by atoms with Crippen molar-refractivity contribution in [2.24, 2.45) is 5.92 Å². The lowest BCUT2D eigenvalue weighted by Crippen LogP contribution is -2.53. The van der Waals surface area contributed by atoms with E-state index in [0.717, 1.165) is 42.3 Å². The van der Waals surface area contributed by atoms with Crippen LogP contribution in [-0.2, 0) is 11.3 Å². The highest BCUT2D eigenvalue weighted by Gasteiger charge is 2.35. The topological polar surface area (TPSA) is 66.7 Å². The van der Waals surface area contributed by atoms with E-state index in [4.69, 9.17) is 4.42 Å². The zero-order chi connectivity index (χ0) is 24.1. The van der Waals surface area contributed by atoms with Crippen LogP contribution in [0.5, 0.6) is 0 Å². The molecule has 1 aliphatic carbocycles. The molecule has 2 heterocycles. The van der Waals surface area contributed by atoms with E-state index >= 15 is 0 Å². The number of pyridine rings is 1. The Hall–Kier alpha value is -3.15. The highest BCUT2D eigenvalue weighted by atomic mass is 16.3. The average molecular weight is 462 g/mol. The second kappa shape index (κ2) is 10.9. The number of likely N-dealkylation sites (N-methyl/N-ethyl adjacent to an activating group) is 1. The third-order valence-corrected chi connectivity index (χ3v) is 6.82. The van der Waals surface area contributed by atoms with Gasteiger partial charge in [-0.15, -0.1) is 0 Å². The highest BCUT2D eigenvalue weighted by Crippen LogP contribution is 2.27. The van der Waals surface area contributed by atoms with Crippen LogP contribution in [0.1, 0.15) is 68.4 Å². The molecular formula is C28H35N3O3. The molecule has 0 radical (unpaired) electrons. The number of carbonyl (C=O) groups is 2. The summed E-state index contributed by atoms with van der Waals surface area (Å²) in [6.45, 7) is 4.67. The molecular weight excluding hydrogens is 426 g/mol. The number of furan rings is 1. The molecule has 1 atom stereocenters. The number of carbonyl (C=O) groups excluding carboxylic acids is 2. The van der Waals surface area contributed by atoms with E-state index in [0.29, 0.717) is 18.5 Å². The minimum Gasteiger partial charge on any atom is -0.464 e. The van der Waals surface area contributed by atoms with Crippen molar-refractivity contribution >= 4 is 22.8 Å². The molecule has 0 spiro atoms. The van der Waals surface area contributed by atoms with Gasteiger partial charge in [-0.1, -0.05) is 39.2 Å². The summed E-state index contributed by atoms with van der Waals surface area (Å²) in [6, 6.07) is 12.7. The van der Waals surface area contributed by atoms with E-state index in [2.05, 4.69) is 18.8 Å². The molecule has 2 aromatic heterocycles. The third-order valence-electron chi connectivity index (χ3n) is 6.82. The normalized spacial score (nSPS) is 15.4. The van der Waals surface area contributed by atoms with E-state index < -0.39 is 6.04 Å². The van der Waals surface area contributed by atoms with Gasteiger partial charge in [0, 0.05) is 30.2 Å². The predicted molar refractivity (Wildman–Crippen MR) is 133 cm³/mol. The minimum atomic E-state index is -0.529. The molecule has 0 N–H and O–H groups in total. The lowest BCUT2D eigenvalue weighted by molar-refractivity contribution is -0.140. The molecule has 0 saturated heterocycles. The van der Waals surface area contributed by atoms with Crippen LogP contribution in [0.2, 0.25) is 0 Å². The van der Waals surface area contributed by atoms with Crippen molar-refractivity contribution in [2.45, 2.75) is 71.0 Å². The van der Waals surface area contributed by atoms with Gasteiger partial charge >= 0.3 is 0 Å². The number of nitrogens with zero attached hydrogens (tertiary/aromatic N) is 3. The summed E-state index contributed by atoms with van der Waals surface area (Å²) in [5, 5.41) is 0.880. The molecule has 34 heavy (non-hydrogen) atoms. The Morgan fingerprint density at radius 2 is 1.88 bits per heavy atom. The number of hydrogen-bond acceptors (Lipinski definition) is 4. The maximum Gasteiger partial charge on any atom is 0.254 e. The molecule has 1 fully saturated rings. The largest absolute Gasteiger partial charge is 0.464 e. The van der Waals surface area contributed by atoms with Gasteiger partial charge in [0.25, 0.3) is 5.91 Å². The first-order chi connectivity index (χ1) is 16.4. The highest BCUT2D eigenvalue weighted by molar-refractivity contribution is 6.00. The molecule has 0 bridgehead atoms. The van der Waals surface area contributed by atoms with Crippen molar-refractivity contribution in [3.8, 4) is 0 Å². The molecule has 180 valence electrons. The fourth-order valence-corrected chi connectivity index (χ4v) is 4.95. The van der Waals surface area contributed by atoms with Gasteiger partial charge in [0.05, 0.1) is 18.5 Å². The second-order valence-corrected chi connectivity index (χ2v) is 9.81. The summed E-state index contributed by atoms with van der Waals surface area (Å²) in [6.07, 6.45) is 9.48. The van der Waals surface area contributed by atoms with Crippen LogP contribution in [0, 0.1) is 5.92 Å². The first-order valence-electron chi connectivity index (χ1n) is 12.4. The minimum absolute atomic E-state index is 0.0199. The zero-order valence-electron chi connectivity index (χ0n) is 20.4. The lowest BCUT2D eigenvalue weighted by Gasteiger charge is -2.39. The molecule has 3 aromatic rings. The quantitative estimate of drug-likeness (QED) is 0.433. The second-order valence-electron chi connectivity index (χ2n) is 9.81. The van der Waals surface area contributed by atoms with E-state index in [1.807, 2.05) is 41.3 Å². The van der Waals surface area contributed by atoms with Crippen molar-refractivity contribution in [1.29, 1.82) is 0 Å². The number of fused-ring (bicyclic) bond motifs is 1. The SMILES string of the molecule is CC(C)C[C@@H](C(=O)N(Cc1ccccn1)C1CCCCC1)N(C)C(=O)c1ccc2occc2c1. The summed E-state index contributed by atoms with van der Waals surface area (Å²) in [5.41, 5.74) is 2.18. The predicted octanol–water partition coefficient (Wildman–Crippen LogP) is 5.68. The van der Waals surface area contributed by atoms with Crippen LogP contribution in [0.3, 0.4) is 0 Å². The molecule has 6 heteroatoms. The first kappa shape index (κ1) is 24.0. The molecule has 1 aliphatic rings. The van der Waals surface area contributed by atoms with E-state index in [1.165, 1.54) is 6.42 Å². The Labute approximate surface area is 201 Å². The number of amides is 2. The Balaban J connectivity index is 1.62. The van der Waals surface area contributed by atoms with Crippen LogP contribution in [0.25, 0.3) is 11.0 Å². The van der Waals surface area contributed by atoms with Gasteiger partial charge in [0.2, 0.25) is 5.91 Å². The van der Waals surface area contributed by atoms with Gasteiger partial charge in [0.15, 0.2) is 0 Å². The maximum atomic E-state index is 14.1. The van der Waals surface area contributed by atoms with Crippen LogP contribution < -0.4 is 0 Å². The van der Waals surface area contributed by atoms with Gasteiger partial charge in [-0.05, 0) is 61.6 Å². The van der Waals surface area contributed by atoms with Crippen molar-refractivity contribution in [3.63, 3.8) is 0 Å². The van der Waals surface area contributed by atoms with Crippen LogP contribution >= 0.6 is 0 Å². The van der Waals surface area contributed by atoms with E-state index in [9.17, 15) is 9.59 Å². The van der Waals surface area contributed by atoms with Crippen LogP contribution in [0.4, 0.5) is 0 Å². The van der Waals surface area contributed by atoms with Gasteiger partial charge in [-0.2, -0.15) is 0 Å². The van der Waals surface area contributed by atoms with Crippen LogP contribution in [-0.4, -0.2) is 45.7 Å². The average Bonchev–Trinajstić information content (AvgIpc) is 3.33. The maximum absolute atomic E-state index is 14.1. The van der Waals surface area contributed by atoms with Gasteiger partial charge in [-0.25, -0.2) is 0 Å². The van der Waals surface area contributed by atoms with E-state index in [1.54, 1.807) is 30.5 Å². The van der Waals surface area contributed by atoms with E-state index in [-0.39, 0.29) is 23.8 Å². The Kier molecular flexibility index (Phi) is 7.66. The smallest absolute Gasteiger partial charge is 0.254 e. The first-order valence-corrected chi connectivity index (χ1v) is 12.4. The number of benzene rings is 1. The summed E-state index contributed by atoms with van der Waals surface area (Å²) in [7, 11) is 1.76. The Bertz CT molecular complexity index is 1100. The summed E-state index contributed by atoms with van der Waals surface area (Å²) in [5.74, 6) is 0.138. The van der Waals surface area contributed by atoms with Gasteiger partial charge in [0.1, 0.15) is 11.6 Å².